The summed E-state index contributed by atoms with van der Waals surface area (Å²) in [6.45, 7) is 8.32. The van der Waals surface area contributed by atoms with Crippen molar-refractivity contribution in [2.45, 2.75) is 62.7 Å². The van der Waals surface area contributed by atoms with Crippen LogP contribution in [0.2, 0.25) is 4.34 Å². The van der Waals surface area contributed by atoms with Gasteiger partial charge in [-0.15, -0.1) is 11.3 Å². The summed E-state index contributed by atoms with van der Waals surface area (Å²) in [5.41, 5.74) is 4.14. The second-order valence-corrected chi connectivity index (χ2v) is 14.8. The fourth-order valence-corrected chi connectivity index (χ4v) is 9.60. The Morgan fingerprint density at radius 3 is 2.87 bits per heavy atom. The monoisotopic (exact) mass is 662 g/mol. The number of carbonyl (C=O) groups excluding carboxylic acids is 1. The van der Waals surface area contributed by atoms with Gasteiger partial charge in [-0.25, -0.2) is 9.37 Å². The van der Waals surface area contributed by atoms with E-state index in [0.29, 0.717) is 37.9 Å². The molecule has 3 aromatic rings. The van der Waals surface area contributed by atoms with Gasteiger partial charge >= 0.3 is 0 Å². The third-order valence-corrected chi connectivity index (χ3v) is 11.8. The maximum absolute atomic E-state index is 14.1. The molecule has 1 amide bonds. The zero-order chi connectivity index (χ0) is 31.6. The zero-order valence-corrected chi connectivity index (χ0v) is 27.2. The summed E-state index contributed by atoms with van der Waals surface area (Å²) in [4.78, 5) is 26.6. The molecular weight excluding hydrogens is 627 g/mol. The molecule has 0 bridgehead atoms. The largest absolute Gasteiger partial charge is 0.484 e. The lowest BCUT2D eigenvalue weighted by Gasteiger charge is -2.50. The van der Waals surface area contributed by atoms with Gasteiger partial charge in [-0.1, -0.05) is 24.2 Å². The van der Waals surface area contributed by atoms with E-state index in [4.69, 9.17) is 26.1 Å². The highest BCUT2D eigenvalue weighted by molar-refractivity contribution is 7.22. The Bertz CT molecular complexity index is 1770. The van der Waals surface area contributed by atoms with Gasteiger partial charge < -0.3 is 24.2 Å². The SMILES string of the molecule is C=C(F)C(=O)N1CC2COc3c(OCC45CCCN4CCC5)nc4c(c3N2C[C@@H]1CC#N)CCN(c1cccc2sc(Cl)cc12)C4. The lowest BCUT2D eigenvalue weighted by Crippen LogP contribution is -2.63. The van der Waals surface area contributed by atoms with Gasteiger partial charge in [-0.05, 0) is 63.4 Å². The van der Waals surface area contributed by atoms with E-state index >= 15 is 0 Å². The predicted octanol–water partition coefficient (Wildman–Crippen LogP) is 5.69. The first kappa shape index (κ1) is 29.8. The normalized spacial score (nSPS) is 23.3. The summed E-state index contributed by atoms with van der Waals surface area (Å²) in [5, 5.41) is 10.8. The van der Waals surface area contributed by atoms with E-state index in [1.165, 1.54) is 17.7 Å². The minimum Gasteiger partial charge on any atom is -0.484 e. The van der Waals surface area contributed by atoms with Crippen molar-refractivity contribution in [1.82, 2.24) is 14.8 Å². The molecular formula is C34H36ClFN6O3S. The van der Waals surface area contributed by atoms with E-state index in [-0.39, 0.29) is 24.5 Å². The molecule has 1 unspecified atom stereocenters. The Balaban J connectivity index is 1.18. The van der Waals surface area contributed by atoms with Crippen molar-refractivity contribution in [2.24, 2.45) is 0 Å². The lowest BCUT2D eigenvalue weighted by atomic mass is 9.95. The molecule has 5 aliphatic rings. The van der Waals surface area contributed by atoms with Gasteiger partial charge in [0.05, 0.1) is 52.4 Å². The zero-order valence-electron chi connectivity index (χ0n) is 25.6. The molecule has 46 heavy (non-hydrogen) atoms. The minimum atomic E-state index is -1.01. The van der Waals surface area contributed by atoms with E-state index in [1.54, 1.807) is 11.3 Å². The molecule has 0 radical (unpaired) electrons. The van der Waals surface area contributed by atoms with Crippen LogP contribution in [0, 0.1) is 11.3 Å². The number of nitriles is 1. The van der Waals surface area contributed by atoms with Crippen LogP contribution in [0.25, 0.3) is 10.1 Å². The van der Waals surface area contributed by atoms with E-state index < -0.39 is 17.8 Å². The molecule has 2 atom stereocenters. The average molecular weight is 663 g/mol. The van der Waals surface area contributed by atoms with Gasteiger partial charge in [-0.3, -0.25) is 9.69 Å². The van der Waals surface area contributed by atoms with Gasteiger partial charge in [0.15, 0.2) is 5.83 Å². The number of amides is 1. The van der Waals surface area contributed by atoms with Gasteiger partial charge in [0.25, 0.3) is 11.8 Å². The van der Waals surface area contributed by atoms with E-state index in [9.17, 15) is 14.4 Å². The smallest absolute Gasteiger partial charge is 0.282 e. The van der Waals surface area contributed by atoms with Crippen LogP contribution in [0.5, 0.6) is 11.6 Å². The third-order valence-electron chi connectivity index (χ3n) is 10.6. The number of aromatic nitrogens is 1. The van der Waals surface area contributed by atoms with E-state index in [2.05, 4.69) is 45.5 Å². The van der Waals surface area contributed by atoms with E-state index in [0.717, 1.165) is 76.0 Å². The van der Waals surface area contributed by atoms with Crippen LogP contribution >= 0.6 is 22.9 Å². The van der Waals surface area contributed by atoms with Crippen molar-refractivity contribution in [3.05, 3.63) is 52.3 Å². The van der Waals surface area contributed by atoms with Crippen molar-refractivity contribution in [2.75, 3.05) is 55.7 Å². The summed E-state index contributed by atoms with van der Waals surface area (Å²) in [6.07, 6.45) is 5.42. The lowest BCUT2D eigenvalue weighted by molar-refractivity contribution is -0.132. The highest BCUT2D eigenvalue weighted by atomic mass is 35.5. The molecule has 240 valence electrons. The number of pyridine rings is 1. The number of hydrogen-bond donors (Lipinski definition) is 0. The summed E-state index contributed by atoms with van der Waals surface area (Å²) in [5.74, 6) is -0.632. The number of benzene rings is 1. The first-order valence-electron chi connectivity index (χ1n) is 16.1. The average Bonchev–Trinajstić information content (AvgIpc) is 3.76. The molecule has 8 rings (SSSR count). The predicted molar refractivity (Wildman–Crippen MR) is 177 cm³/mol. The quantitative estimate of drug-likeness (QED) is 0.311. The summed E-state index contributed by atoms with van der Waals surface area (Å²) < 4.78 is 29.2. The molecule has 3 saturated heterocycles. The molecule has 7 heterocycles. The molecule has 0 spiro atoms. The number of carbonyl (C=O) groups is 1. The number of ether oxygens (including phenoxy) is 2. The van der Waals surface area contributed by atoms with Crippen LogP contribution in [-0.4, -0.2) is 84.3 Å². The van der Waals surface area contributed by atoms with Gasteiger partial charge in [0, 0.05) is 41.0 Å². The molecule has 0 aliphatic carbocycles. The fraction of sp³-hybridized carbons (Fsp3) is 0.500. The van der Waals surface area contributed by atoms with Crippen LogP contribution in [0.1, 0.15) is 43.4 Å². The van der Waals surface area contributed by atoms with Gasteiger partial charge in [0.2, 0.25) is 5.75 Å². The Labute approximate surface area is 276 Å². The van der Waals surface area contributed by atoms with Crippen LogP contribution in [0.3, 0.4) is 0 Å². The van der Waals surface area contributed by atoms with Crippen molar-refractivity contribution in [3.8, 4) is 17.7 Å². The standard InChI is InChI=1S/C34H36ClFN6O3S/c1-21(36)33(43)42-17-23-19-44-31-30(41(23)16-22(42)7-11-37)24-8-14-39(27-5-2-6-28-25(27)15-29(35)46-28)18-26(24)38-32(31)45-20-34-9-3-12-40(34)13-4-10-34/h2,5-6,15,22-23H,1,3-4,7-10,12-14,16-20H2/t22-,23?/m0/s1. The number of hydrogen-bond acceptors (Lipinski definition) is 9. The minimum absolute atomic E-state index is 0.0419. The van der Waals surface area contributed by atoms with Crippen LogP contribution < -0.4 is 19.3 Å². The second-order valence-electron chi connectivity index (χ2n) is 13.1. The summed E-state index contributed by atoms with van der Waals surface area (Å²) in [6, 6.07) is 9.87. The van der Waals surface area contributed by atoms with Gasteiger partial charge in [-0.2, -0.15) is 5.26 Å². The number of anilines is 2. The van der Waals surface area contributed by atoms with E-state index in [1.807, 2.05) is 6.07 Å². The van der Waals surface area contributed by atoms with Crippen LogP contribution in [-0.2, 0) is 17.8 Å². The first-order valence-corrected chi connectivity index (χ1v) is 17.3. The third kappa shape index (κ3) is 4.88. The fourth-order valence-electron chi connectivity index (χ4n) is 8.44. The Morgan fingerprint density at radius 1 is 1.26 bits per heavy atom. The number of halogens is 2. The van der Waals surface area contributed by atoms with Gasteiger partial charge in [0.1, 0.15) is 13.2 Å². The molecule has 9 nitrogen and oxygen atoms in total. The van der Waals surface area contributed by atoms with Crippen molar-refractivity contribution < 1.29 is 18.7 Å². The Morgan fingerprint density at radius 2 is 2.09 bits per heavy atom. The molecule has 0 N–H and O–H groups in total. The van der Waals surface area contributed by atoms with Crippen molar-refractivity contribution >= 4 is 50.3 Å². The Kier molecular flexibility index (Phi) is 7.50. The number of rotatable bonds is 6. The number of thiophene rings is 1. The highest BCUT2D eigenvalue weighted by Gasteiger charge is 2.47. The Hall–Kier alpha value is -3.59. The maximum Gasteiger partial charge on any atom is 0.282 e. The highest BCUT2D eigenvalue weighted by Crippen LogP contribution is 2.49. The number of fused-ring (bicyclic) bond motifs is 7. The molecule has 3 fully saturated rings. The second kappa shape index (κ2) is 11.6. The molecule has 5 aliphatic heterocycles. The molecule has 2 aromatic heterocycles. The first-order chi connectivity index (χ1) is 22.3. The molecule has 0 saturated carbocycles. The number of piperazine rings is 1. The summed E-state index contributed by atoms with van der Waals surface area (Å²) in [7, 11) is 0. The number of nitrogens with zero attached hydrogens (tertiary/aromatic N) is 6. The van der Waals surface area contributed by atoms with Crippen LogP contribution in [0.4, 0.5) is 15.8 Å². The maximum atomic E-state index is 14.1. The van der Waals surface area contributed by atoms with Crippen molar-refractivity contribution in [1.29, 1.82) is 5.26 Å². The summed E-state index contributed by atoms with van der Waals surface area (Å²) >= 11 is 8.01. The topological polar surface area (TPSA) is 85.2 Å². The van der Waals surface area contributed by atoms with Crippen LogP contribution in [0.15, 0.2) is 36.7 Å². The molecule has 12 heteroatoms. The van der Waals surface area contributed by atoms with Crippen molar-refractivity contribution in [3.63, 3.8) is 0 Å². The molecule has 1 aromatic carbocycles.